The smallest absolute Gasteiger partial charge is 0.302 e. The summed E-state index contributed by atoms with van der Waals surface area (Å²) in [6.07, 6.45) is 16.5. The molecule has 0 spiro atoms. The van der Waals surface area contributed by atoms with Crippen LogP contribution < -0.4 is 0 Å². The molecule has 0 bridgehead atoms. The van der Waals surface area contributed by atoms with Gasteiger partial charge in [-0.1, -0.05) is 40.5 Å². The average molecular weight is 461 g/mol. The molecule has 10 atom stereocenters. The molecule has 4 rings (SSSR count). The van der Waals surface area contributed by atoms with E-state index in [1.807, 2.05) is 13.8 Å². The van der Waals surface area contributed by atoms with E-state index < -0.39 is 5.60 Å². The van der Waals surface area contributed by atoms with Crippen molar-refractivity contribution in [2.75, 3.05) is 6.61 Å². The van der Waals surface area contributed by atoms with E-state index in [-0.39, 0.29) is 11.9 Å². The Labute approximate surface area is 203 Å². The SMILES string of the molecule is CC(=O)OCC(C)[C@@](C)(O)CC[C@@H](C)[C@H]1CC[C@H]2[C@@H]3CCC4CCCC[C@]4(C)[C@H]3CC[C@]12C. The van der Waals surface area contributed by atoms with Gasteiger partial charge in [-0.2, -0.15) is 0 Å². The maximum absolute atomic E-state index is 11.2. The van der Waals surface area contributed by atoms with E-state index in [9.17, 15) is 9.90 Å². The van der Waals surface area contributed by atoms with Crippen molar-refractivity contribution in [3.05, 3.63) is 0 Å². The Morgan fingerprint density at radius 3 is 2.45 bits per heavy atom. The van der Waals surface area contributed by atoms with E-state index in [1.54, 1.807) is 0 Å². The predicted octanol–water partition coefficient (Wildman–Crippen LogP) is 7.40. The fourth-order valence-corrected chi connectivity index (χ4v) is 9.66. The molecule has 2 unspecified atom stereocenters. The zero-order chi connectivity index (χ0) is 24.0. The minimum atomic E-state index is -0.783. The first-order valence-corrected chi connectivity index (χ1v) is 14.3. The van der Waals surface area contributed by atoms with Crippen molar-refractivity contribution in [2.45, 2.75) is 124 Å². The van der Waals surface area contributed by atoms with Crippen LogP contribution in [0.3, 0.4) is 0 Å². The fraction of sp³-hybridized carbons (Fsp3) is 0.967. The molecule has 3 nitrogen and oxygen atoms in total. The minimum absolute atomic E-state index is 0.0395. The lowest BCUT2D eigenvalue weighted by atomic mass is 9.44. The Hall–Kier alpha value is -0.570. The molecule has 4 aliphatic rings. The van der Waals surface area contributed by atoms with Crippen molar-refractivity contribution in [2.24, 2.45) is 52.3 Å². The molecule has 3 heteroatoms. The second-order valence-corrected chi connectivity index (χ2v) is 13.7. The van der Waals surface area contributed by atoms with Gasteiger partial charge in [0.05, 0.1) is 12.2 Å². The summed E-state index contributed by atoms with van der Waals surface area (Å²) in [6, 6.07) is 0. The molecular weight excluding hydrogens is 408 g/mol. The van der Waals surface area contributed by atoms with Gasteiger partial charge in [0.25, 0.3) is 0 Å². The Morgan fingerprint density at radius 2 is 1.73 bits per heavy atom. The van der Waals surface area contributed by atoms with E-state index >= 15 is 0 Å². The first-order chi connectivity index (χ1) is 15.5. The Kier molecular flexibility index (Phi) is 7.33. The first-order valence-electron chi connectivity index (χ1n) is 14.3. The van der Waals surface area contributed by atoms with Gasteiger partial charge in [0.15, 0.2) is 0 Å². The zero-order valence-corrected chi connectivity index (χ0v) is 22.5. The van der Waals surface area contributed by atoms with E-state index in [1.165, 1.54) is 71.1 Å². The molecule has 0 aromatic carbocycles. The van der Waals surface area contributed by atoms with Gasteiger partial charge in [-0.3, -0.25) is 4.79 Å². The third kappa shape index (κ3) is 4.66. The zero-order valence-electron chi connectivity index (χ0n) is 22.5. The van der Waals surface area contributed by atoms with Gasteiger partial charge in [0.2, 0.25) is 0 Å². The van der Waals surface area contributed by atoms with Crippen molar-refractivity contribution in [1.29, 1.82) is 0 Å². The van der Waals surface area contributed by atoms with Crippen LogP contribution in [0, 0.1) is 52.3 Å². The van der Waals surface area contributed by atoms with Gasteiger partial charge in [0.1, 0.15) is 0 Å². The number of esters is 1. The molecule has 0 heterocycles. The van der Waals surface area contributed by atoms with Gasteiger partial charge in [-0.15, -0.1) is 0 Å². The number of rotatable bonds is 7. The van der Waals surface area contributed by atoms with Crippen molar-refractivity contribution in [1.82, 2.24) is 0 Å². The molecule has 4 saturated carbocycles. The highest BCUT2D eigenvalue weighted by atomic mass is 16.5. The predicted molar refractivity (Wildman–Crippen MR) is 135 cm³/mol. The summed E-state index contributed by atoms with van der Waals surface area (Å²) in [6.45, 7) is 13.5. The Bertz CT molecular complexity index is 701. The highest BCUT2D eigenvalue weighted by Gasteiger charge is 2.60. The number of fused-ring (bicyclic) bond motifs is 5. The number of carbonyl (C=O) groups is 1. The second kappa shape index (κ2) is 9.47. The third-order valence-electron chi connectivity index (χ3n) is 12.0. The molecule has 0 aromatic heterocycles. The summed E-state index contributed by atoms with van der Waals surface area (Å²) < 4.78 is 5.18. The van der Waals surface area contributed by atoms with Gasteiger partial charge in [0, 0.05) is 12.8 Å². The molecule has 4 aliphatic carbocycles. The number of carbonyl (C=O) groups excluding carboxylic acids is 1. The number of hydrogen-bond donors (Lipinski definition) is 1. The van der Waals surface area contributed by atoms with Crippen molar-refractivity contribution < 1.29 is 14.6 Å². The van der Waals surface area contributed by atoms with Crippen LogP contribution in [-0.2, 0) is 9.53 Å². The lowest BCUT2D eigenvalue weighted by Gasteiger charge is -2.61. The largest absolute Gasteiger partial charge is 0.465 e. The van der Waals surface area contributed by atoms with Crippen LogP contribution in [0.2, 0.25) is 0 Å². The maximum atomic E-state index is 11.2. The van der Waals surface area contributed by atoms with Crippen LogP contribution in [0.15, 0.2) is 0 Å². The maximum Gasteiger partial charge on any atom is 0.302 e. The third-order valence-corrected chi connectivity index (χ3v) is 12.0. The number of ether oxygens (including phenoxy) is 1. The van der Waals surface area contributed by atoms with Gasteiger partial charge in [-0.05, 0) is 117 Å². The molecular formula is C30H52O3. The molecule has 4 fully saturated rings. The van der Waals surface area contributed by atoms with E-state index in [2.05, 4.69) is 20.8 Å². The van der Waals surface area contributed by atoms with Crippen LogP contribution >= 0.6 is 0 Å². The summed E-state index contributed by atoms with van der Waals surface area (Å²) in [5.74, 6) is 5.00. The van der Waals surface area contributed by atoms with Gasteiger partial charge >= 0.3 is 5.97 Å². The summed E-state index contributed by atoms with van der Waals surface area (Å²) in [4.78, 5) is 11.2. The van der Waals surface area contributed by atoms with Crippen LogP contribution in [-0.4, -0.2) is 23.3 Å². The summed E-state index contributed by atoms with van der Waals surface area (Å²) in [5.41, 5.74) is 0.338. The van der Waals surface area contributed by atoms with Crippen LogP contribution in [0.1, 0.15) is 119 Å². The van der Waals surface area contributed by atoms with Gasteiger partial charge < -0.3 is 9.84 Å². The molecule has 0 aliphatic heterocycles. The van der Waals surface area contributed by atoms with E-state index in [4.69, 9.17) is 4.74 Å². The fourth-order valence-electron chi connectivity index (χ4n) is 9.66. The minimum Gasteiger partial charge on any atom is -0.465 e. The van der Waals surface area contributed by atoms with Crippen molar-refractivity contribution in [3.8, 4) is 0 Å². The normalized spacial score (nSPS) is 44.0. The Balaban J connectivity index is 1.39. The first kappa shape index (κ1) is 25.5. The van der Waals surface area contributed by atoms with Crippen molar-refractivity contribution in [3.63, 3.8) is 0 Å². The molecule has 190 valence electrons. The van der Waals surface area contributed by atoms with Crippen LogP contribution in [0.25, 0.3) is 0 Å². The van der Waals surface area contributed by atoms with Crippen molar-refractivity contribution >= 4 is 5.97 Å². The Morgan fingerprint density at radius 1 is 1.00 bits per heavy atom. The van der Waals surface area contributed by atoms with Crippen LogP contribution in [0.5, 0.6) is 0 Å². The lowest BCUT2D eigenvalue weighted by molar-refractivity contribution is -0.145. The van der Waals surface area contributed by atoms with Crippen LogP contribution in [0.4, 0.5) is 0 Å². The molecule has 33 heavy (non-hydrogen) atoms. The standard InChI is InChI=1S/C30H52O3/c1-20(14-18-30(6,32)21(2)19-33-22(3)31)25-12-13-26-24-11-10-23-9-7-8-16-28(23,4)27(24)15-17-29(25,26)5/h20-21,23-27,32H,7-19H2,1-6H3/t20-,21?,23?,24+,25-,26+,27+,28+,29-,30+/m1/s1. The average Bonchev–Trinajstić information content (AvgIpc) is 3.12. The van der Waals surface area contributed by atoms with Gasteiger partial charge in [-0.25, -0.2) is 0 Å². The molecule has 1 N–H and O–H groups in total. The highest BCUT2D eigenvalue weighted by Crippen LogP contribution is 2.68. The lowest BCUT2D eigenvalue weighted by Crippen LogP contribution is -2.53. The van der Waals surface area contributed by atoms with E-state index in [0.717, 1.165) is 42.4 Å². The molecule has 0 radical (unpaired) electrons. The monoisotopic (exact) mass is 460 g/mol. The topological polar surface area (TPSA) is 46.5 Å². The highest BCUT2D eigenvalue weighted by molar-refractivity contribution is 5.65. The quantitative estimate of drug-likeness (QED) is 0.403. The molecule has 0 aromatic rings. The number of hydrogen-bond acceptors (Lipinski definition) is 3. The van der Waals surface area contributed by atoms with E-state index in [0.29, 0.717) is 23.4 Å². The number of aliphatic hydroxyl groups is 1. The molecule has 0 amide bonds. The summed E-state index contributed by atoms with van der Waals surface area (Å²) in [5, 5.41) is 11.1. The summed E-state index contributed by atoms with van der Waals surface area (Å²) in [7, 11) is 0. The molecule has 0 saturated heterocycles. The second-order valence-electron chi connectivity index (χ2n) is 13.7. The summed E-state index contributed by atoms with van der Waals surface area (Å²) >= 11 is 0.